The highest BCUT2D eigenvalue weighted by molar-refractivity contribution is 5.82. The Kier molecular flexibility index (Phi) is 3.99. The number of likely N-dealkylation sites (N-methyl/N-ethyl adjacent to an activating group) is 1. The summed E-state index contributed by atoms with van der Waals surface area (Å²) in [6.07, 6.45) is 0.140. The number of nitrogens with zero attached hydrogens (tertiary/aromatic N) is 1. The van der Waals surface area contributed by atoms with Crippen LogP contribution in [0.1, 0.15) is 17.5 Å². The van der Waals surface area contributed by atoms with E-state index in [-0.39, 0.29) is 18.1 Å². The Balaban J connectivity index is 1.86. The van der Waals surface area contributed by atoms with Gasteiger partial charge in [-0.2, -0.15) is 0 Å². The number of hydrogen-bond donors (Lipinski definition) is 2. The number of hydrogen-bond acceptors (Lipinski definition) is 3. The summed E-state index contributed by atoms with van der Waals surface area (Å²) in [5.74, 6) is -0.00498. The lowest BCUT2D eigenvalue weighted by Gasteiger charge is -2.18. The number of rotatable bonds is 3. The predicted octanol–water partition coefficient (Wildman–Crippen LogP) is 0.676. The monoisotopic (exact) mass is 248 g/mol. The zero-order chi connectivity index (χ0) is 13.1. The molecule has 0 aromatic heterocycles. The Morgan fingerprint density at radius 1 is 1.44 bits per heavy atom. The number of β-amino-alcohol motifs (C(OH)–C–C–N with tert-alkyl or cyclic N) is 1. The Hall–Kier alpha value is -1.39. The Bertz CT molecular complexity index is 416. The lowest BCUT2D eigenvalue weighted by atomic mass is 10.1. The third-order valence-electron chi connectivity index (χ3n) is 3.42. The lowest BCUT2D eigenvalue weighted by molar-refractivity contribution is -0.125. The van der Waals surface area contributed by atoms with E-state index in [4.69, 9.17) is 0 Å². The third kappa shape index (κ3) is 3.09. The van der Waals surface area contributed by atoms with E-state index in [0.717, 1.165) is 5.56 Å². The molecule has 1 aromatic carbocycles. The summed E-state index contributed by atoms with van der Waals surface area (Å²) in [7, 11) is 1.87. The molecule has 0 bridgehead atoms. The van der Waals surface area contributed by atoms with Gasteiger partial charge in [-0.05, 0) is 26.0 Å². The van der Waals surface area contributed by atoms with Crippen molar-refractivity contribution in [3.8, 4) is 0 Å². The van der Waals surface area contributed by atoms with Gasteiger partial charge in [-0.3, -0.25) is 9.69 Å². The van der Waals surface area contributed by atoms with Crippen LogP contribution in [-0.2, 0) is 11.3 Å². The summed E-state index contributed by atoms with van der Waals surface area (Å²) in [5.41, 5.74) is 2.30. The average molecular weight is 248 g/mol. The van der Waals surface area contributed by atoms with Crippen LogP contribution in [0.25, 0.3) is 0 Å². The van der Waals surface area contributed by atoms with Gasteiger partial charge >= 0.3 is 0 Å². The minimum absolute atomic E-state index is 0.00498. The van der Waals surface area contributed by atoms with E-state index >= 15 is 0 Å². The van der Waals surface area contributed by atoms with Gasteiger partial charge in [0.1, 0.15) is 0 Å². The Labute approximate surface area is 108 Å². The quantitative estimate of drug-likeness (QED) is 0.827. The van der Waals surface area contributed by atoms with Crippen LogP contribution in [0, 0.1) is 6.92 Å². The molecule has 1 fully saturated rings. The van der Waals surface area contributed by atoms with E-state index in [2.05, 4.69) is 5.32 Å². The summed E-state index contributed by atoms with van der Waals surface area (Å²) in [6.45, 7) is 3.15. The van der Waals surface area contributed by atoms with Crippen molar-refractivity contribution < 1.29 is 9.90 Å². The number of aliphatic hydroxyl groups is 1. The van der Waals surface area contributed by atoms with Crippen LogP contribution in [0.3, 0.4) is 0 Å². The molecular weight excluding hydrogens is 228 g/mol. The minimum atomic E-state index is -0.384. The molecule has 2 rings (SSSR count). The molecule has 0 radical (unpaired) electrons. The number of carbonyl (C=O) groups is 1. The Morgan fingerprint density at radius 2 is 2.11 bits per heavy atom. The number of likely N-dealkylation sites (tertiary alicyclic amines) is 1. The molecule has 0 spiro atoms. The zero-order valence-corrected chi connectivity index (χ0v) is 10.9. The second-order valence-electron chi connectivity index (χ2n) is 5.05. The number of benzene rings is 1. The number of carbonyl (C=O) groups excluding carboxylic acids is 1. The van der Waals surface area contributed by atoms with Crippen LogP contribution in [0.2, 0.25) is 0 Å². The molecule has 0 saturated carbocycles. The third-order valence-corrected chi connectivity index (χ3v) is 3.42. The first-order chi connectivity index (χ1) is 8.56. The van der Waals surface area contributed by atoms with Crippen LogP contribution in [0.5, 0.6) is 0 Å². The molecule has 98 valence electrons. The summed E-state index contributed by atoms with van der Waals surface area (Å²) >= 11 is 0. The van der Waals surface area contributed by atoms with Gasteiger partial charge in [-0.25, -0.2) is 0 Å². The highest BCUT2D eigenvalue weighted by Crippen LogP contribution is 2.15. The van der Waals surface area contributed by atoms with Gasteiger partial charge in [0.05, 0.1) is 12.1 Å². The van der Waals surface area contributed by atoms with Crippen LogP contribution >= 0.6 is 0 Å². The molecule has 18 heavy (non-hydrogen) atoms. The van der Waals surface area contributed by atoms with Crippen molar-refractivity contribution in [3.63, 3.8) is 0 Å². The van der Waals surface area contributed by atoms with Gasteiger partial charge < -0.3 is 10.4 Å². The molecule has 4 nitrogen and oxygen atoms in total. The zero-order valence-electron chi connectivity index (χ0n) is 10.9. The second kappa shape index (κ2) is 5.50. The lowest BCUT2D eigenvalue weighted by Crippen LogP contribution is -2.41. The van der Waals surface area contributed by atoms with Crippen LogP contribution in [0.4, 0.5) is 0 Å². The number of aryl methyl sites for hydroxylation is 1. The highest BCUT2D eigenvalue weighted by atomic mass is 16.3. The summed E-state index contributed by atoms with van der Waals surface area (Å²) in [6, 6.07) is 7.90. The van der Waals surface area contributed by atoms with Crippen molar-refractivity contribution in [2.24, 2.45) is 0 Å². The maximum absolute atomic E-state index is 12.0. The standard InChI is InChI=1S/C14H20N2O2/c1-10-3-5-11(6-4-10)8-15-14(18)13-7-12(17)9-16(13)2/h3-6,12-13,17H,7-9H2,1-2H3,(H,15,18)/t12?,13-/m0/s1. The number of amides is 1. The van der Waals surface area contributed by atoms with Crippen molar-refractivity contribution in [2.45, 2.75) is 32.0 Å². The molecule has 0 aliphatic carbocycles. The fourth-order valence-electron chi connectivity index (χ4n) is 2.29. The molecule has 2 atom stereocenters. The van der Waals surface area contributed by atoms with Crippen molar-refractivity contribution in [3.05, 3.63) is 35.4 Å². The van der Waals surface area contributed by atoms with Gasteiger partial charge in [0, 0.05) is 13.1 Å². The molecule has 1 aromatic rings. The second-order valence-corrected chi connectivity index (χ2v) is 5.05. The smallest absolute Gasteiger partial charge is 0.237 e. The van der Waals surface area contributed by atoms with Crippen LogP contribution < -0.4 is 5.32 Å². The summed E-state index contributed by atoms with van der Waals surface area (Å²) in [4.78, 5) is 13.9. The average Bonchev–Trinajstić information content (AvgIpc) is 2.67. The van der Waals surface area contributed by atoms with Crippen LogP contribution in [-0.4, -0.2) is 41.7 Å². The van der Waals surface area contributed by atoms with E-state index in [1.165, 1.54) is 5.56 Å². The molecular formula is C14H20N2O2. The molecule has 1 heterocycles. The summed E-state index contributed by atoms with van der Waals surface area (Å²) in [5, 5.41) is 12.4. The normalized spacial score (nSPS) is 24.2. The molecule has 1 amide bonds. The van der Waals surface area contributed by atoms with Gasteiger partial charge in [0.2, 0.25) is 5.91 Å². The van der Waals surface area contributed by atoms with Crippen molar-refractivity contribution in [1.82, 2.24) is 10.2 Å². The number of aliphatic hydroxyl groups excluding tert-OH is 1. The maximum Gasteiger partial charge on any atom is 0.237 e. The molecule has 4 heteroatoms. The predicted molar refractivity (Wildman–Crippen MR) is 70.1 cm³/mol. The first kappa shape index (κ1) is 13.1. The van der Waals surface area contributed by atoms with E-state index in [1.807, 2.05) is 43.1 Å². The van der Waals surface area contributed by atoms with E-state index in [0.29, 0.717) is 19.5 Å². The van der Waals surface area contributed by atoms with E-state index in [9.17, 15) is 9.90 Å². The molecule has 1 saturated heterocycles. The van der Waals surface area contributed by atoms with Crippen molar-refractivity contribution in [2.75, 3.05) is 13.6 Å². The van der Waals surface area contributed by atoms with Crippen LogP contribution in [0.15, 0.2) is 24.3 Å². The van der Waals surface area contributed by atoms with Crippen molar-refractivity contribution >= 4 is 5.91 Å². The fourth-order valence-corrected chi connectivity index (χ4v) is 2.29. The first-order valence-corrected chi connectivity index (χ1v) is 6.28. The van der Waals surface area contributed by atoms with Crippen molar-refractivity contribution in [1.29, 1.82) is 0 Å². The largest absolute Gasteiger partial charge is 0.392 e. The molecule has 1 aliphatic rings. The van der Waals surface area contributed by atoms with E-state index < -0.39 is 0 Å². The highest BCUT2D eigenvalue weighted by Gasteiger charge is 2.33. The topological polar surface area (TPSA) is 52.6 Å². The fraction of sp³-hybridized carbons (Fsp3) is 0.500. The maximum atomic E-state index is 12.0. The van der Waals surface area contributed by atoms with E-state index in [1.54, 1.807) is 0 Å². The number of nitrogens with one attached hydrogen (secondary N) is 1. The van der Waals surface area contributed by atoms with Gasteiger partial charge in [-0.15, -0.1) is 0 Å². The molecule has 2 N–H and O–H groups in total. The van der Waals surface area contributed by atoms with Gasteiger partial charge in [-0.1, -0.05) is 29.8 Å². The summed E-state index contributed by atoms with van der Waals surface area (Å²) < 4.78 is 0. The minimum Gasteiger partial charge on any atom is -0.392 e. The SMILES string of the molecule is Cc1ccc(CNC(=O)[C@@H]2CC(O)CN2C)cc1. The van der Waals surface area contributed by atoms with Gasteiger partial charge in [0.15, 0.2) is 0 Å². The molecule has 1 aliphatic heterocycles. The Morgan fingerprint density at radius 3 is 2.67 bits per heavy atom. The van der Waals surface area contributed by atoms with Gasteiger partial charge in [0.25, 0.3) is 0 Å². The molecule has 1 unspecified atom stereocenters. The first-order valence-electron chi connectivity index (χ1n) is 6.28.